The summed E-state index contributed by atoms with van der Waals surface area (Å²) in [5.41, 5.74) is 0. The normalized spacial score (nSPS) is 39.2. The van der Waals surface area contributed by atoms with Gasteiger partial charge in [0, 0.05) is 6.61 Å². The predicted molar refractivity (Wildman–Crippen MR) is 47.2 cm³/mol. The van der Waals surface area contributed by atoms with Crippen LogP contribution in [-0.4, -0.2) is 24.9 Å². The molecule has 70 valence electrons. The van der Waals surface area contributed by atoms with Gasteiger partial charge in [-0.15, -0.1) is 0 Å². The van der Waals surface area contributed by atoms with E-state index in [1.54, 1.807) is 0 Å². The number of ether oxygens (including phenoxy) is 2. The van der Waals surface area contributed by atoms with Crippen LogP contribution in [0.1, 0.15) is 39.0 Å². The first kappa shape index (κ1) is 8.52. The Morgan fingerprint density at radius 1 is 1.42 bits per heavy atom. The molecule has 0 aromatic carbocycles. The lowest BCUT2D eigenvalue weighted by molar-refractivity contribution is 0.0235. The van der Waals surface area contributed by atoms with Crippen molar-refractivity contribution in [1.82, 2.24) is 0 Å². The number of unbranched alkanes of at least 4 members (excludes halogenated alkanes) is 1. The summed E-state index contributed by atoms with van der Waals surface area (Å²) in [6.45, 7) is 3.12. The molecule has 2 rings (SSSR count). The van der Waals surface area contributed by atoms with Crippen molar-refractivity contribution >= 4 is 0 Å². The Labute approximate surface area is 74.2 Å². The van der Waals surface area contributed by atoms with Crippen LogP contribution in [0.15, 0.2) is 0 Å². The molecule has 3 atom stereocenters. The number of hydrogen-bond donors (Lipinski definition) is 0. The Kier molecular flexibility index (Phi) is 2.66. The molecule has 1 saturated carbocycles. The predicted octanol–water partition coefficient (Wildman–Crippen LogP) is 2.12. The Hall–Kier alpha value is -0.0800. The molecule has 1 heterocycles. The second-order valence-electron chi connectivity index (χ2n) is 3.83. The van der Waals surface area contributed by atoms with Crippen molar-refractivity contribution < 1.29 is 9.47 Å². The molecule has 1 saturated heterocycles. The van der Waals surface area contributed by atoms with Gasteiger partial charge in [-0.25, -0.2) is 0 Å². The van der Waals surface area contributed by atoms with Gasteiger partial charge in [-0.1, -0.05) is 13.3 Å². The van der Waals surface area contributed by atoms with Crippen LogP contribution in [0.2, 0.25) is 0 Å². The van der Waals surface area contributed by atoms with Crippen molar-refractivity contribution in [3.63, 3.8) is 0 Å². The molecule has 0 spiro atoms. The van der Waals surface area contributed by atoms with Gasteiger partial charge in [-0.05, 0) is 25.7 Å². The zero-order valence-corrected chi connectivity index (χ0v) is 7.79. The highest BCUT2D eigenvalue weighted by Crippen LogP contribution is 2.38. The monoisotopic (exact) mass is 170 g/mol. The minimum absolute atomic E-state index is 0.426. The second-order valence-corrected chi connectivity index (χ2v) is 3.83. The van der Waals surface area contributed by atoms with Crippen LogP contribution < -0.4 is 0 Å². The van der Waals surface area contributed by atoms with Gasteiger partial charge >= 0.3 is 0 Å². The summed E-state index contributed by atoms with van der Waals surface area (Å²) in [6.07, 6.45) is 7.63. The van der Waals surface area contributed by atoms with Gasteiger partial charge in [0.25, 0.3) is 0 Å². The molecule has 1 aliphatic heterocycles. The van der Waals surface area contributed by atoms with Crippen LogP contribution >= 0.6 is 0 Å². The maximum atomic E-state index is 5.75. The van der Waals surface area contributed by atoms with Crippen molar-refractivity contribution in [2.45, 2.75) is 57.3 Å². The Balaban J connectivity index is 1.66. The molecule has 0 amide bonds. The number of epoxide rings is 1. The third-order valence-electron chi connectivity index (χ3n) is 2.80. The van der Waals surface area contributed by atoms with Crippen molar-refractivity contribution in [2.24, 2.45) is 0 Å². The second kappa shape index (κ2) is 3.75. The van der Waals surface area contributed by atoms with E-state index >= 15 is 0 Å². The first-order valence-corrected chi connectivity index (χ1v) is 5.19. The van der Waals surface area contributed by atoms with Crippen LogP contribution in [0.5, 0.6) is 0 Å². The molecule has 0 bridgehead atoms. The van der Waals surface area contributed by atoms with Gasteiger partial charge in [-0.3, -0.25) is 0 Å². The molecule has 0 N–H and O–H groups in total. The van der Waals surface area contributed by atoms with Crippen molar-refractivity contribution in [2.75, 3.05) is 6.61 Å². The van der Waals surface area contributed by atoms with Crippen molar-refractivity contribution in [1.29, 1.82) is 0 Å². The lowest BCUT2D eigenvalue weighted by Gasteiger charge is -2.18. The Morgan fingerprint density at radius 3 is 3.17 bits per heavy atom. The summed E-state index contributed by atoms with van der Waals surface area (Å²) in [4.78, 5) is 0. The summed E-state index contributed by atoms with van der Waals surface area (Å²) in [5, 5.41) is 0. The van der Waals surface area contributed by atoms with E-state index in [0.29, 0.717) is 18.3 Å². The highest BCUT2D eigenvalue weighted by molar-refractivity contribution is 4.95. The fraction of sp³-hybridized carbons (Fsp3) is 1.00. The van der Waals surface area contributed by atoms with Crippen LogP contribution in [0.25, 0.3) is 0 Å². The first-order chi connectivity index (χ1) is 5.92. The maximum Gasteiger partial charge on any atom is 0.110 e. The van der Waals surface area contributed by atoms with Gasteiger partial charge < -0.3 is 9.47 Å². The minimum atomic E-state index is 0.426. The van der Waals surface area contributed by atoms with E-state index in [2.05, 4.69) is 6.92 Å². The average Bonchev–Trinajstić information content (AvgIpc) is 2.84. The molecule has 2 aliphatic rings. The molecule has 12 heavy (non-hydrogen) atoms. The quantitative estimate of drug-likeness (QED) is 0.476. The van der Waals surface area contributed by atoms with E-state index < -0.39 is 0 Å². The van der Waals surface area contributed by atoms with Gasteiger partial charge in [0.15, 0.2) is 0 Å². The van der Waals surface area contributed by atoms with Gasteiger partial charge in [0.2, 0.25) is 0 Å². The van der Waals surface area contributed by atoms with E-state index in [-0.39, 0.29) is 0 Å². The highest BCUT2D eigenvalue weighted by atomic mass is 16.6. The SMILES string of the molecule is CCCCO[C@@H]1CCC[C@@H]2O[C@@H]21. The van der Waals surface area contributed by atoms with Gasteiger partial charge in [0.1, 0.15) is 6.10 Å². The Bertz CT molecular complexity index is 147. The van der Waals surface area contributed by atoms with Crippen LogP contribution in [0.4, 0.5) is 0 Å². The molecule has 1 aliphatic carbocycles. The fourth-order valence-electron chi connectivity index (χ4n) is 1.96. The molecule has 2 fully saturated rings. The fourth-order valence-corrected chi connectivity index (χ4v) is 1.96. The summed E-state index contributed by atoms with van der Waals surface area (Å²) in [5.74, 6) is 0. The third-order valence-corrected chi connectivity index (χ3v) is 2.80. The molecule has 2 heteroatoms. The largest absolute Gasteiger partial charge is 0.375 e. The van der Waals surface area contributed by atoms with Crippen LogP contribution in [0.3, 0.4) is 0 Å². The lowest BCUT2D eigenvalue weighted by atomic mass is 9.98. The maximum absolute atomic E-state index is 5.75. The lowest BCUT2D eigenvalue weighted by Crippen LogP contribution is -2.25. The molecule has 0 radical (unpaired) electrons. The molecular formula is C10H18O2. The average molecular weight is 170 g/mol. The Morgan fingerprint density at radius 2 is 2.33 bits per heavy atom. The van der Waals surface area contributed by atoms with E-state index in [1.807, 2.05) is 0 Å². The zero-order valence-electron chi connectivity index (χ0n) is 7.79. The summed E-state index contributed by atoms with van der Waals surface area (Å²) in [6, 6.07) is 0. The van der Waals surface area contributed by atoms with Gasteiger partial charge in [0.05, 0.1) is 12.2 Å². The zero-order chi connectivity index (χ0) is 8.39. The summed E-state index contributed by atoms with van der Waals surface area (Å²) < 4.78 is 11.2. The van der Waals surface area contributed by atoms with E-state index in [4.69, 9.17) is 9.47 Å². The molecular weight excluding hydrogens is 152 g/mol. The van der Waals surface area contributed by atoms with Gasteiger partial charge in [-0.2, -0.15) is 0 Å². The minimum Gasteiger partial charge on any atom is -0.375 e. The molecule has 0 unspecified atom stereocenters. The third kappa shape index (κ3) is 1.80. The topological polar surface area (TPSA) is 21.8 Å². The highest BCUT2D eigenvalue weighted by Gasteiger charge is 2.47. The first-order valence-electron chi connectivity index (χ1n) is 5.19. The number of hydrogen-bond acceptors (Lipinski definition) is 2. The van der Waals surface area contributed by atoms with Crippen molar-refractivity contribution in [3.8, 4) is 0 Å². The van der Waals surface area contributed by atoms with E-state index in [1.165, 1.54) is 32.1 Å². The van der Waals surface area contributed by atoms with E-state index in [0.717, 1.165) is 6.61 Å². The van der Waals surface area contributed by atoms with E-state index in [9.17, 15) is 0 Å². The smallest absolute Gasteiger partial charge is 0.110 e. The molecule has 0 aromatic heterocycles. The molecule has 0 aromatic rings. The number of rotatable bonds is 4. The summed E-state index contributed by atoms with van der Waals surface area (Å²) >= 11 is 0. The standard InChI is InChI=1S/C10H18O2/c1-2-3-7-11-8-5-4-6-9-10(8)12-9/h8-10H,2-7H2,1H3/t8-,9+,10-/m1/s1. The van der Waals surface area contributed by atoms with Crippen molar-refractivity contribution in [3.05, 3.63) is 0 Å². The summed E-state index contributed by atoms with van der Waals surface area (Å²) in [7, 11) is 0. The number of fused-ring (bicyclic) bond motifs is 1. The van der Waals surface area contributed by atoms with Crippen LogP contribution in [0, 0.1) is 0 Å². The van der Waals surface area contributed by atoms with Crippen LogP contribution in [-0.2, 0) is 9.47 Å². The molecule has 2 nitrogen and oxygen atoms in total.